The number of hydrogen-bond donors (Lipinski definition) is 2. The maximum atomic E-state index is 12.1. The van der Waals surface area contributed by atoms with Gasteiger partial charge in [0.25, 0.3) is 5.91 Å². The van der Waals surface area contributed by atoms with Gasteiger partial charge < -0.3 is 20.1 Å². The van der Waals surface area contributed by atoms with Crippen molar-refractivity contribution in [3.05, 3.63) is 23.8 Å². The zero-order valence-electron chi connectivity index (χ0n) is 10.9. The van der Waals surface area contributed by atoms with E-state index < -0.39 is 6.10 Å². The van der Waals surface area contributed by atoms with Crippen LogP contribution in [0.25, 0.3) is 0 Å². The molecule has 1 fully saturated rings. The average Bonchev–Trinajstić information content (AvgIpc) is 2.43. The summed E-state index contributed by atoms with van der Waals surface area (Å²) >= 11 is 0. The van der Waals surface area contributed by atoms with Crippen LogP contribution in [0.4, 0.5) is 5.69 Å². The number of fused-ring (bicyclic) bond motifs is 1. The molecule has 102 valence electrons. The van der Waals surface area contributed by atoms with E-state index in [9.17, 15) is 9.90 Å². The van der Waals surface area contributed by atoms with Crippen molar-refractivity contribution in [2.75, 3.05) is 25.1 Å². The van der Waals surface area contributed by atoms with Crippen molar-refractivity contribution in [1.82, 2.24) is 5.32 Å². The fourth-order valence-electron chi connectivity index (χ4n) is 2.39. The smallest absolute Gasteiger partial charge is 0.251 e. The fraction of sp³-hybridized carbons (Fsp3) is 0.500. The van der Waals surface area contributed by atoms with Crippen LogP contribution in [0.1, 0.15) is 23.2 Å². The lowest BCUT2D eigenvalue weighted by atomic mass is 9.89. The van der Waals surface area contributed by atoms with Crippen molar-refractivity contribution in [2.24, 2.45) is 0 Å². The summed E-state index contributed by atoms with van der Waals surface area (Å²) in [6, 6.07) is 5.34. The van der Waals surface area contributed by atoms with Gasteiger partial charge in [-0.15, -0.1) is 0 Å². The Balaban J connectivity index is 1.77. The van der Waals surface area contributed by atoms with Gasteiger partial charge in [0.1, 0.15) is 12.4 Å². The van der Waals surface area contributed by atoms with E-state index in [1.165, 1.54) is 0 Å². The zero-order valence-corrected chi connectivity index (χ0v) is 10.9. The van der Waals surface area contributed by atoms with Crippen LogP contribution in [0, 0.1) is 0 Å². The van der Waals surface area contributed by atoms with Gasteiger partial charge in [-0.3, -0.25) is 4.79 Å². The second-order valence-corrected chi connectivity index (χ2v) is 5.18. The number of likely N-dealkylation sites (N-methyl/N-ethyl adjacent to an activating group) is 1. The minimum Gasteiger partial charge on any atom is -0.490 e. The van der Waals surface area contributed by atoms with Gasteiger partial charge >= 0.3 is 0 Å². The van der Waals surface area contributed by atoms with Crippen molar-refractivity contribution in [1.29, 1.82) is 0 Å². The summed E-state index contributed by atoms with van der Waals surface area (Å²) in [5, 5.41) is 12.4. The van der Waals surface area contributed by atoms with E-state index in [-0.39, 0.29) is 11.9 Å². The highest BCUT2D eigenvalue weighted by Crippen LogP contribution is 2.31. The number of carbonyl (C=O) groups is 1. The molecule has 1 aromatic rings. The molecule has 0 bridgehead atoms. The van der Waals surface area contributed by atoms with E-state index in [0.29, 0.717) is 12.2 Å². The van der Waals surface area contributed by atoms with Gasteiger partial charge in [0.2, 0.25) is 0 Å². The first kappa shape index (κ1) is 12.3. The number of aliphatic hydroxyl groups is 1. The van der Waals surface area contributed by atoms with E-state index in [1.54, 1.807) is 6.07 Å². The molecule has 5 heteroatoms. The lowest BCUT2D eigenvalue weighted by Crippen LogP contribution is -2.50. The fourth-order valence-corrected chi connectivity index (χ4v) is 2.39. The molecule has 1 aliphatic heterocycles. The van der Waals surface area contributed by atoms with Crippen molar-refractivity contribution in [3.8, 4) is 5.75 Å². The Labute approximate surface area is 112 Å². The molecule has 0 unspecified atom stereocenters. The molecule has 3 rings (SSSR count). The molecule has 5 nitrogen and oxygen atoms in total. The summed E-state index contributed by atoms with van der Waals surface area (Å²) in [5.74, 6) is 0.680. The number of amides is 1. The molecule has 2 atom stereocenters. The molecule has 0 spiro atoms. The van der Waals surface area contributed by atoms with E-state index in [1.807, 2.05) is 19.2 Å². The zero-order chi connectivity index (χ0) is 13.4. The Bertz CT molecular complexity index is 503. The molecule has 1 amide bonds. The first-order valence-corrected chi connectivity index (χ1v) is 6.62. The van der Waals surface area contributed by atoms with E-state index >= 15 is 0 Å². The Kier molecular flexibility index (Phi) is 3.06. The standard InChI is InChI=1S/C14H18N2O3/c1-16-6-7-19-13-5-2-9(8-11(13)16)14(18)15-10-3-4-12(10)17/h2,5,8,10,12,17H,3-4,6-7H2,1H3,(H,15,18)/t10-,12-/m1/s1. The second kappa shape index (κ2) is 4.74. The molecule has 0 radical (unpaired) electrons. The minimum absolute atomic E-state index is 0.0995. The number of hydrogen-bond acceptors (Lipinski definition) is 4. The number of benzene rings is 1. The molecule has 1 saturated carbocycles. The van der Waals surface area contributed by atoms with E-state index in [2.05, 4.69) is 10.2 Å². The van der Waals surface area contributed by atoms with E-state index in [4.69, 9.17) is 4.74 Å². The molecule has 2 aliphatic rings. The third-order valence-corrected chi connectivity index (χ3v) is 3.87. The number of carbonyl (C=O) groups excluding carboxylic acids is 1. The molecular formula is C14H18N2O3. The van der Waals surface area contributed by atoms with Crippen LogP contribution < -0.4 is 15.0 Å². The van der Waals surface area contributed by atoms with Gasteiger partial charge in [0.05, 0.1) is 24.4 Å². The number of nitrogens with one attached hydrogen (secondary N) is 1. The molecular weight excluding hydrogens is 244 g/mol. The summed E-state index contributed by atoms with van der Waals surface area (Å²) in [5.41, 5.74) is 1.54. The van der Waals surface area contributed by atoms with Crippen LogP contribution in [0.3, 0.4) is 0 Å². The average molecular weight is 262 g/mol. The molecule has 1 heterocycles. The number of ether oxygens (including phenoxy) is 1. The molecule has 0 saturated heterocycles. The number of nitrogens with zero attached hydrogens (tertiary/aromatic N) is 1. The molecule has 1 aromatic carbocycles. The quantitative estimate of drug-likeness (QED) is 0.826. The Hall–Kier alpha value is -1.75. The normalized spacial score (nSPS) is 25.1. The van der Waals surface area contributed by atoms with Crippen molar-refractivity contribution >= 4 is 11.6 Å². The van der Waals surface area contributed by atoms with Gasteiger partial charge in [0.15, 0.2) is 0 Å². The largest absolute Gasteiger partial charge is 0.490 e. The van der Waals surface area contributed by atoms with Crippen LogP contribution in [0.5, 0.6) is 5.75 Å². The van der Waals surface area contributed by atoms with Crippen LogP contribution in [-0.2, 0) is 0 Å². The Morgan fingerprint density at radius 1 is 1.47 bits per heavy atom. The first-order valence-electron chi connectivity index (χ1n) is 6.62. The molecule has 19 heavy (non-hydrogen) atoms. The summed E-state index contributed by atoms with van der Waals surface area (Å²) in [6.07, 6.45) is 1.22. The second-order valence-electron chi connectivity index (χ2n) is 5.18. The SMILES string of the molecule is CN1CCOc2ccc(C(=O)N[C@@H]3CC[C@H]3O)cc21. The highest BCUT2D eigenvalue weighted by atomic mass is 16.5. The van der Waals surface area contributed by atoms with Crippen LogP contribution in [-0.4, -0.2) is 43.4 Å². The summed E-state index contributed by atoms with van der Waals surface area (Å²) in [7, 11) is 1.98. The maximum absolute atomic E-state index is 12.1. The van der Waals surface area contributed by atoms with Crippen LogP contribution in [0.2, 0.25) is 0 Å². The van der Waals surface area contributed by atoms with Gasteiger partial charge in [-0.2, -0.15) is 0 Å². The van der Waals surface area contributed by atoms with Gasteiger partial charge in [-0.25, -0.2) is 0 Å². The topological polar surface area (TPSA) is 61.8 Å². The Morgan fingerprint density at radius 2 is 2.32 bits per heavy atom. The van der Waals surface area contributed by atoms with Crippen LogP contribution in [0.15, 0.2) is 18.2 Å². The summed E-state index contributed by atoms with van der Waals surface area (Å²) in [4.78, 5) is 14.2. The predicted octanol–water partition coefficient (Wildman–Crippen LogP) is 0.768. The molecule has 1 aliphatic carbocycles. The minimum atomic E-state index is -0.396. The van der Waals surface area contributed by atoms with Gasteiger partial charge in [0, 0.05) is 12.6 Å². The third kappa shape index (κ3) is 2.26. The van der Waals surface area contributed by atoms with Gasteiger partial charge in [-0.1, -0.05) is 0 Å². The number of aliphatic hydroxyl groups excluding tert-OH is 1. The highest BCUT2D eigenvalue weighted by Gasteiger charge is 2.30. The van der Waals surface area contributed by atoms with E-state index in [0.717, 1.165) is 30.8 Å². The number of rotatable bonds is 2. The first-order chi connectivity index (χ1) is 9.15. The van der Waals surface area contributed by atoms with Crippen molar-refractivity contribution in [2.45, 2.75) is 25.0 Å². The summed E-state index contributed by atoms with van der Waals surface area (Å²) in [6.45, 7) is 1.49. The lowest BCUT2D eigenvalue weighted by Gasteiger charge is -2.33. The maximum Gasteiger partial charge on any atom is 0.251 e. The Morgan fingerprint density at radius 3 is 3.00 bits per heavy atom. The summed E-state index contributed by atoms with van der Waals surface area (Å²) < 4.78 is 5.55. The van der Waals surface area contributed by atoms with Gasteiger partial charge in [-0.05, 0) is 31.0 Å². The highest BCUT2D eigenvalue weighted by molar-refractivity contribution is 5.96. The van der Waals surface area contributed by atoms with Crippen molar-refractivity contribution in [3.63, 3.8) is 0 Å². The monoisotopic (exact) mass is 262 g/mol. The third-order valence-electron chi connectivity index (χ3n) is 3.87. The van der Waals surface area contributed by atoms with Crippen molar-refractivity contribution < 1.29 is 14.6 Å². The van der Waals surface area contributed by atoms with Crippen LogP contribution >= 0.6 is 0 Å². The number of anilines is 1. The molecule has 0 aromatic heterocycles. The predicted molar refractivity (Wildman–Crippen MR) is 71.7 cm³/mol. The lowest BCUT2D eigenvalue weighted by molar-refractivity contribution is 0.0447. The molecule has 2 N–H and O–H groups in total.